The number of benzene rings is 1. The molecule has 2 atom stereocenters. The molecule has 0 amide bonds. The second kappa shape index (κ2) is 12.3. The summed E-state index contributed by atoms with van der Waals surface area (Å²) in [5, 5.41) is 1.53. The molecular formula is C38H57N2Si+. The Bertz CT molecular complexity index is 1320. The molecule has 3 heteroatoms. The Morgan fingerprint density at radius 2 is 1.78 bits per heavy atom. The van der Waals surface area contributed by atoms with E-state index in [0.717, 1.165) is 44.2 Å². The molecule has 0 bridgehead atoms. The summed E-state index contributed by atoms with van der Waals surface area (Å²) in [5.41, 5.74) is 7.67. The van der Waals surface area contributed by atoms with Gasteiger partial charge in [0.1, 0.15) is 0 Å². The van der Waals surface area contributed by atoms with Crippen molar-refractivity contribution in [3.05, 3.63) is 91.3 Å². The van der Waals surface area contributed by atoms with Gasteiger partial charge >= 0.3 is 0 Å². The molecule has 2 heterocycles. The van der Waals surface area contributed by atoms with E-state index in [2.05, 4.69) is 133 Å². The average molecular weight is 570 g/mol. The van der Waals surface area contributed by atoms with Crippen LogP contribution in [-0.4, -0.2) is 25.6 Å². The van der Waals surface area contributed by atoms with Crippen LogP contribution in [0, 0.1) is 10.8 Å². The molecule has 1 aliphatic heterocycles. The molecule has 2 unspecified atom stereocenters. The fourth-order valence-corrected chi connectivity index (χ4v) is 9.16. The van der Waals surface area contributed by atoms with Crippen LogP contribution in [0.1, 0.15) is 78.4 Å². The lowest BCUT2D eigenvalue weighted by Crippen LogP contribution is -2.59. The van der Waals surface area contributed by atoms with E-state index in [9.17, 15) is 0 Å². The molecule has 0 fully saturated rings. The first-order chi connectivity index (χ1) is 19.1. The summed E-state index contributed by atoms with van der Waals surface area (Å²) in [6.45, 7) is 35.2. The lowest BCUT2D eigenvalue weighted by Gasteiger charge is -2.56. The minimum absolute atomic E-state index is 0.154. The van der Waals surface area contributed by atoms with Crippen LogP contribution >= 0.6 is 0 Å². The van der Waals surface area contributed by atoms with Crippen LogP contribution in [-0.2, 0) is 12.8 Å². The quantitative estimate of drug-likeness (QED) is 0.174. The largest absolute Gasteiger partial charge is 0.374 e. The number of rotatable bonds is 8. The van der Waals surface area contributed by atoms with Crippen molar-refractivity contribution in [1.82, 2.24) is 4.90 Å². The highest BCUT2D eigenvalue weighted by Crippen LogP contribution is 2.54. The number of hydrogen-bond donors (Lipinski definition) is 0. The summed E-state index contributed by atoms with van der Waals surface area (Å²) in [7, 11) is 0.553. The van der Waals surface area contributed by atoms with Crippen LogP contribution < -0.4 is 9.75 Å². The summed E-state index contributed by atoms with van der Waals surface area (Å²) < 4.78 is 2.46. The van der Waals surface area contributed by atoms with Crippen molar-refractivity contribution in [3.8, 4) is 11.3 Å². The van der Waals surface area contributed by atoms with Crippen LogP contribution in [0.15, 0.2) is 80.2 Å². The molecule has 0 saturated heterocycles. The van der Waals surface area contributed by atoms with E-state index in [0.29, 0.717) is 0 Å². The number of pyridine rings is 1. The fraction of sp³-hybridized carbons (Fsp3) is 0.500. The molecule has 1 aliphatic rings. The summed E-state index contributed by atoms with van der Waals surface area (Å²) in [6.07, 6.45) is 14.8. The summed E-state index contributed by atoms with van der Waals surface area (Å²) in [5.74, 6) is 0. The Kier molecular flexibility index (Phi) is 9.85. The normalized spacial score (nSPS) is 21.8. The monoisotopic (exact) mass is 569 g/mol. The van der Waals surface area contributed by atoms with Crippen LogP contribution in [0.2, 0.25) is 19.6 Å². The van der Waals surface area contributed by atoms with Gasteiger partial charge in [0, 0.05) is 29.3 Å². The molecule has 0 radical (unpaired) electrons. The van der Waals surface area contributed by atoms with Crippen molar-refractivity contribution in [2.24, 2.45) is 10.8 Å². The number of aryl methyl sites for hydroxylation is 1. The van der Waals surface area contributed by atoms with Crippen molar-refractivity contribution in [3.63, 3.8) is 0 Å². The Morgan fingerprint density at radius 1 is 1.12 bits per heavy atom. The van der Waals surface area contributed by atoms with E-state index >= 15 is 0 Å². The van der Waals surface area contributed by atoms with Crippen molar-refractivity contribution < 1.29 is 4.57 Å². The summed E-state index contributed by atoms with van der Waals surface area (Å²) in [4.78, 5) is 2.39. The van der Waals surface area contributed by atoms with Crippen LogP contribution in [0.5, 0.6) is 0 Å². The van der Waals surface area contributed by atoms with Gasteiger partial charge in [-0.1, -0.05) is 97.8 Å². The van der Waals surface area contributed by atoms with Gasteiger partial charge in [0.2, 0.25) is 5.69 Å². The van der Waals surface area contributed by atoms with Crippen LogP contribution in [0.3, 0.4) is 0 Å². The van der Waals surface area contributed by atoms with E-state index in [1.807, 2.05) is 6.20 Å². The van der Waals surface area contributed by atoms with Gasteiger partial charge in [-0.25, -0.2) is 0 Å². The van der Waals surface area contributed by atoms with Gasteiger partial charge in [0.05, 0.1) is 20.0 Å². The minimum atomic E-state index is -1.66. The first-order valence-corrected chi connectivity index (χ1v) is 19.1. The highest BCUT2D eigenvalue weighted by atomic mass is 28.3. The third-order valence-electron chi connectivity index (χ3n) is 9.67. The Labute approximate surface area is 253 Å². The predicted molar refractivity (Wildman–Crippen MR) is 184 cm³/mol. The zero-order chi connectivity index (χ0) is 30.8. The van der Waals surface area contributed by atoms with Gasteiger partial charge in [0.15, 0.2) is 11.9 Å². The maximum absolute atomic E-state index is 4.86. The Balaban J connectivity index is 2.48. The molecule has 222 valence electrons. The molecule has 1 aromatic carbocycles. The molecule has 0 spiro atoms. The molecule has 0 N–H and O–H groups in total. The second-order valence-electron chi connectivity index (χ2n) is 14.5. The molecule has 2 nitrogen and oxygen atoms in total. The first kappa shape index (κ1) is 32.9. The number of aromatic nitrogens is 1. The SMILES string of the molecule is C=CN(C)C1(CC)CC(=C)[n+]2cc([Si](C)(C)C)c(CC(C)(C)C)cc2-c2ccccc2CCC1(CC)C(=C)/C=C\C. The molecule has 2 aromatic rings. The average Bonchev–Trinajstić information content (AvgIpc) is 2.90. The molecule has 0 aliphatic carbocycles. The Morgan fingerprint density at radius 3 is 2.32 bits per heavy atom. The maximum Gasteiger partial charge on any atom is 0.218 e. The third-order valence-corrected chi connectivity index (χ3v) is 11.7. The minimum Gasteiger partial charge on any atom is -0.374 e. The fourth-order valence-electron chi connectivity index (χ4n) is 7.52. The van der Waals surface area contributed by atoms with E-state index in [1.54, 1.807) is 0 Å². The van der Waals surface area contributed by atoms with Gasteiger partial charge in [-0.3, -0.25) is 0 Å². The van der Waals surface area contributed by atoms with E-state index in [1.165, 1.54) is 33.1 Å². The van der Waals surface area contributed by atoms with Crippen LogP contribution in [0.4, 0.5) is 0 Å². The second-order valence-corrected chi connectivity index (χ2v) is 19.5. The highest BCUT2D eigenvalue weighted by Gasteiger charge is 2.53. The van der Waals surface area contributed by atoms with Gasteiger partial charge in [-0.15, -0.1) is 0 Å². The Hall–Kier alpha value is -2.65. The van der Waals surface area contributed by atoms with E-state index in [-0.39, 0.29) is 16.4 Å². The topological polar surface area (TPSA) is 7.12 Å². The summed E-state index contributed by atoms with van der Waals surface area (Å²) in [6, 6.07) is 11.6. The first-order valence-electron chi connectivity index (χ1n) is 15.6. The summed E-state index contributed by atoms with van der Waals surface area (Å²) >= 11 is 0. The van der Waals surface area contributed by atoms with Gasteiger partial charge in [-0.2, -0.15) is 4.57 Å². The highest BCUT2D eigenvalue weighted by molar-refractivity contribution is 6.89. The lowest BCUT2D eigenvalue weighted by molar-refractivity contribution is -0.571. The number of fused-ring (bicyclic) bond motifs is 3. The molecule has 3 rings (SSSR count). The van der Waals surface area contributed by atoms with Crippen molar-refractivity contribution >= 4 is 19.0 Å². The lowest BCUT2D eigenvalue weighted by atomic mass is 9.57. The van der Waals surface area contributed by atoms with Gasteiger partial charge in [-0.05, 0) is 80.0 Å². The predicted octanol–water partition coefficient (Wildman–Crippen LogP) is 9.33. The van der Waals surface area contributed by atoms with E-state index in [4.69, 9.17) is 13.2 Å². The number of allylic oxidation sites excluding steroid dienone is 2. The zero-order valence-corrected chi connectivity index (χ0v) is 29.0. The van der Waals surface area contributed by atoms with E-state index < -0.39 is 8.07 Å². The van der Waals surface area contributed by atoms with Crippen molar-refractivity contribution in [2.75, 3.05) is 7.05 Å². The smallest absolute Gasteiger partial charge is 0.218 e. The number of nitrogens with zero attached hydrogens (tertiary/aromatic N) is 2. The molecular weight excluding hydrogens is 513 g/mol. The van der Waals surface area contributed by atoms with Crippen LogP contribution in [0.25, 0.3) is 17.0 Å². The zero-order valence-electron chi connectivity index (χ0n) is 28.0. The number of hydrogen-bond acceptors (Lipinski definition) is 1. The third kappa shape index (κ3) is 6.26. The van der Waals surface area contributed by atoms with Gasteiger partial charge in [0.25, 0.3) is 0 Å². The molecule has 1 aromatic heterocycles. The van der Waals surface area contributed by atoms with Crippen molar-refractivity contribution in [2.45, 2.75) is 105 Å². The van der Waals surface area contributed by atoms with Gasteiger partial charge < -0.3 is 4.90 Å². The maximum atomic E-state index is 4.86. The van der Waals surface area contributed by atoms with Crippen molar-refractivity contribution in [1.29, 1.82) is 0 Å². The standard InChI is InChI=1S/C38H57N2Si/c1-14-20-29(5)37(15-2)24-23-31-21-18-19-22-33(31)34-25-32(27-36(7,8)9)35(41(11,12)13)28-40(34)30(6)26-38(37,16-3)39(10)17-4/h14,17-22,25,28H,4-6,15-16,23-24,26-27H2,1-3,7-13H3/q+1/b20-14-. The molecule has 0 saturated carbocycles. The molecule has 41 heavy (non-hydrogen) atoms.